The summed E-state index contributed by atoms with van der Waals surface area (Å²) in [6.07, 6.45) is 6.56. The van der Waals surface area contributed by atoms with Crippen molar-refractivity contribution in [1.82, 2.24) is 45.3 Å². The average Bonchev–Trinajstić information content (AvgIpc) is 3.42. The number of halogens is 3. The van der Waals surface area contributed by atoms with Crippen molar-refractivity contribution in [3.05, 3.63) is 146 Å². The molecule has 3 saturated heterocycles. The second kappa shape index (κ2) is 23.5. The molecule has 4 aliphatic rings. The van der Waals surface area contributed by atoms with Crippen LogP contribution in [-0.4, -0.2) is 148 Å². The lowest BCUT2D eigenvalue weighted by molar-refractivity contribution is -0.141. The molecule has 3 N–H and O–H groups in total. The fourth-order valence-electron chi connectivity index (χ4n) is 11.2. The number of fused-ring (bicyclic) bond motifs is 1. The smallest absolute Gasteiger partial charge is 0.272 e. The molecule has 0 spiro atoms. The quantitative estimate of drug-likeness (QED) is 0.128. The summed E-state index contributed by atoms with van der Waals surface area (Å²) in [5, 5.41) is 14.1. The third-order valence-corrected chi connectivity index (χ3v) is 15.4. The molecule has 3 aliphatic heterocycles. The second-order valence-corrected chi connectivity index (χ2v) is 20.3. The molecule has 74 heavy (non-hydrogen) atoms. The zero-order valence-corrected chi connectivity index (χ0v) is 41.8. The predicted octanol–water partition coefficient (Wildman–Crippen LogP) is 5.62. The number of rotatable bonds is 14. The van der Waals surface area contributed by atoms with Crippen LogP contribution in [0.3, 0.4) is 0 Å². The van der Waals surface area contributed by atoms with E-state index in [1.165, 1.54) is 24.3 Å². The number of aromatic nitrogens is 2. The predicted molar refractivity (Wildman–Crippen MR) is 273 cm³/mol. The molecular weight excluding hydrogens is 952 g/mol. The molecule has 0 unspecified atom stereocenters. The van der Waals surface area contributed by atoms with Crippen molar-refractivity contribution in [2.45, 2.75) is 82.8 Å². The summed E-state index contributed by atoms with van der Waals surface area (Å²) in [4.78, 5) is 90.5. The van der Waals surface area contributed by atoms with Crippen LogP contribution in [0.4, 0.5) is 13.2 Å². The number of benzene rings is 4. The molecule has 1 saturated carbocycles. The lowest BCUT2D eigenvalue weighted by Gasteiger charge is -2.43. The fraction of sp³-hybridized carbons (Fsp3) is 0.446. The zero-order chi connectivity index (χ0) is 51.9. The van der Waals surface area contributed by atoms with Crippen molar-refractivity contribution in [3.63, 3.8) is 0 Å². The number of piperazine rings is 2. The summed E-state index contributed by atoms with van der Waals surface area (Å²) in [6.45, 7) is 5.63. The summed E-state index contributed by atoms with van der Waals surface area (Å²) < 4.78 is 42.7. The van der Waals surface area contributed by atoms with Gasteiger partial charge in [-0.25, -0.2) is 18.3 Å². The molecule has 18 heteroatoms. The van der Waals surface area contributed by atoms with Gasteiger partial charge >= 0.3 is 0 Å². The highest BCUT2D eigenvalue weighted by Crippen LogP contribution is 2.31. The van der Waals surface area contributed by atoms with Gasteiger partial charge in [0.2, 0.25) is 17.7 Å². The Balaban J connectivity index is 0.761. The SMILES string of the molecule is C[C@H]1CN(CC(=O)N2CCN(C(=O)c3cc(Cc4n[nH]c(=O)c5ccccc45)ccc3F)CC2)CCN1C(=O)[C@H](NC(=O)c1cccc([C@@H]2CCCN(C(=O)CNCc3ccc(F)cc3F)C2)c1)C1CCCCC1. The van der Waals surface area contributed by atoms with Gasteiger partial charge in [-0.1, -0.05) is 61.7 Å². The maximum absolute atomic E-state index is 15.2. The van der Waals surface area contributed by atoms with Crippen molar-refractivity contribution in [3.8, 4) is 0 Å². The number of piperidine rings is 1. The minimum absolute atomic E-state index is 0.0000226. The van der Waals surface area contributed by atoms with E-state index in [0.29, 0.717) is 73.4 Å². The van der Waals surface area contributed by atoms with E-state index in [9.17, 15) is 37.5 Å². The zero-order valence-electron chi connectivity index (χ0n) is 41.8. The van der Waals surface area contributed by atoms with Gasteiger partial charge in [-0.2, -0.15) is 5.10 Å². The number of likely N-dealkylation sites (tertiary alicyclic amines) is 1. The van der Waals surface area contributed by atoms with Crippen LogP contribution in [0, 0.1) is 23.4 Å². The van der Waals surface area contributed by atoms with Crippen molar-refractivity contribution in [2.24, 2.45) is 5.92 Å². The molecule has 1 aromatic heterocycles. The molecule has 390 valence electrons. The van der Waals surface area contributed by atoms with Crippen molar-refractivity contribution >= 4 is 40.3 Å². The minimum atomic E-state index is -0.719. The van der Waals surface area contributed by atoms with E-state index in [0.717, 1.165) is 56.6 Å². The molecule has 9 rings (SSSR count). The molecule has 15 nitrogen and oxygen atoms in total. The Labute approximate surface area is 428 Å². The number of hydrogen-bond donors (Lipinski definition) is 3. The standard InChI is InChI=1S/C56H64F3N9O6/c1-36-33-64(35-51(70)65-22-24-66(25-23-65)55(73)46-27-37(16-19-47(46)58)28-49-44-14-5-6-15-45(44)54(72)63-62-49)21-26-68(36)56(74)52(38-9-3-2-4-10-38)61-53(71)40-12-7-11-39(29-40)42-13-8-20-67(34-42)50(69)32-60-31-41-17-18-43(57)30-48(41)59/h5-7,11-12,14-19,27,29-30,36,38,42,52,60H,2-4,8-10,13,20-26,28,31-35H2,1H3,(H,61,71)(H,63,72)/t36-,42+,52+/m0/s1. The van der Waals surface area contributed by atoms with E-state index < -0.39 is 29.4 Å². The van der Waals surface area contributed by atoms with Gasteiger partial charge in [-0.3, -0.25) is 33.7 Å². The van der Waals surface area contributed by atoms with E-state index in [-0.39, 0.29) is 97.3 Å². The van der Waals surface area contributed by atoms with Gasteiger partial charge < -0.3 is 30.2 Å². The Hall–Kier alpha value is -6.92. The van der Waals surface area contributed by atoms with Crippen LogP contribution in [0.25, 0.3) is 10.8 Å². The number of amides is 5. The van der Waals surface area contributed by atoms with Crippen LogP contribution >= 0.6 is 0 Å². The van der Waals surface area contributed by atoms with Gasteiger partial charge in [0.05, 0.1) is 29.7 Å². The lowest BCUT2D eigenvalue weighted by Crippen LogP contribution is -2.61. The molecule has 4 heterocycles. The molecule has 5 aromatic rings. The third-order valence-electron chi connectivity index (χ3n) is 15.4. The molecular formula is C56H64F3N9O6. The van der Waals surface area contributed by atoms with Gasteiger partial charge in [0, 0.05) is 106 Å². The average molecular weight is 1020 g/mol. The first-order valence-electron chi connectivity index (χ1n) is 26.0. The van der Waals surface area contributed by atoms with Gasteiger partial charge in [0.1, 0.15) is 23.5 Å². The normalized spacial score (nSPS) is 19.4. The van der Waals surface area contributed by atoms with Gasteiger partial charge in [0.15, 0.2) is 0 Å². The van der Waals surface area contributed by atoms with E-state index in [4.69, 9.17) is 0 Å². The number of carbonyl (C=O) groups excluding carboxylic acids is 5. The molecule has 4 aromatic carbocycles. The number of carbonyl (C=O) groups is 5. The van der Waals surface area contributed by atoms with E-state index in [1.54, 1.807) is 45.0 Å². The highest BCUT2D eigenvalue weighted by Gasteiger charge is 2.39. The Bertz CT molecular complexity index is 2940. The first-order valence-corrected chi connectivity index (χ1v) is 26.0. The van der Waals surface area contributed by atoms with Gasteiger partial charge in [-0.15, -0.1) is 0 Å². The summed E-state index contributed by atoms with van der Waals surface area (Å²) in [6, 6.07) is 21.3. The van der Waals surface area contributed by atoms with Crippen molar-refractivity contribution in [2.75, 3.05) is 72.0 Å². The topological polar surface area (TPSA) is 171 Å². The number of aromatic amines is 1. The van der Waals surface area contributed by atoms with Crippen molar-refractivity contribution in [1.29, 1.82) is 0 Å². The molecule has 1 aliphatic carbocycles. The maximum atomic E-state index is 15.2. The summed E-state index contributed by atoms with van der Waals surface area (Å²) in [7, 11) is 0. The molecule has 4 fully saturated rings. The van der Waals surface area contributed by atoms with E-state index >= 15 is 4.39 Å². The van der Waals surface area contributed by atoms with Crippen LogP contribution in [0.1, 0.15) is 101 Å². The van der Waals surface area contributed by atoms with Crippen molar-refractivity contribution < 1.29 is 37.1 Å². The molecule has 0 bridgehead atoms. The largest absolute Gasteiger partial charge is 0.341 e. The first kappa shape index (κ1) is 52.0. The number of nitrogens with zero attached hydrogens (tertiary/aromatic N) is 6. The Morgan fingerprint density at radius 2 is 1.50 bits per heavy atom. The molecule has 0 radical (unpaired) electrons. The van der Waals surface area contributed by atoms with E-state index in [2.05, 4.69) is 20.8 Å². The van der Waals surface area contributed by atoms with Crippen LogP contribution in [0.2, 0.25) is 0 Å². The summed E-state index contributed by atoms with van der Waals surface area (Å²) in [5.74, 6) is -3.14. The number of H-pyrrole nitrogens is 1. The molecule has 3 atom stereocenters. The van der Waals surface area contributed by atoms with E-state index in [1.807, 2.05) is 41.0 Å². The van der Waals surface area contributed by atoms with Crippen LogP contribution < -0.4 is 16.2 Å². The van der Waals surface area contributed by atoms with Gasteiger partial charge in [-0.05, 0) is 86.1 Å². The van der Waals surface area contributed by atoms with Gasteiger partial charge in [0.25, 0.3) is 17.4 Å². The maximum Gasteiger partial charge on any atom is 0.272 e. The third kappa shape index (κ3) is 12.2. The second-order valence-electron chi connectivity index (χ2n) is 20.3. The lowest BCUT2D eigenvalue weighted by atomic mass is 9.83. The van der Waals surface area contributed by atoms with Crippen LogP contribution in [-0.2, 0) is 27.3 Å². The highest BCUT2D eigenvalue weighted by atomic mass is 19.1. The monoisotopic (exact) mass is 1020 g/mol. The summed E-state index contributed by atoms with van der Waals surface area (Å²) >= 11 is 0. The number of hydrogen-bond acceptors (Lipinski definition) is 9. The number of nitrogens with one attached hydrogen (secondary N) is 3. The Morgan fingerprint density at radius 3 is 2.27 bits per heavy atom. The first-order chi connectivity index (χ1) is 35.8. The highest BCUT2D eigenvalue weighted by molar-refractivity contribution is 5.98. The summed E-state index contributed by atoms with van der Waals surface area (Å²) in [5.41, 5.74) is 2.53. The fourth-order valence-corrected chi connectivity index (χ4v) is 11.2. The Kier molecular flexibility index (Phi) is 16.5. The minimum Gasteiger partial charge on any atom is -0.341 e. The van der Waals surface area contributed by atoms with Crippen LogP contribution in [0.5, 0.6) is 0 Å². The Morgan fingerprint density at radius 1 is 0.730 bits per heavy atom. The van der Waals surface area contributed by atoms with Crippen LogP contribution in [0.15, 0.2) is 89.7 Å². The molecule has 5 amide bonds.